The van der Waals surface area contributed by atoms with E-state index < -0.39 is 10.1 Å². The van der Waals surface area contributed by atoms with Gasteiger partial charge in [-0.1, -0.05) is 6.58 Å². The Hall–Kier alpha value is 0.169. The molecule has 1 N–H and O–H groups in total. The molecule has 0 amide bonds. The van der Waals surface area contributed by atoms with Crippen LogP contribution in [0.3, 0.4) is 0 Å². The van der Waals surface area contributed by atoms with Crippen molar-refractivity contribution < 1.29 is 30.0 Å². The van der Waals surface area contributed by atoms with Crippen LogP contribution in [0.15, 0.2) is 12.0 Å². The first-order valence-electron chi connectivity index (χ1n) is 1.16. The van der Waals surface area contributed by atoms with E-state index in [9.17, 15) is 8.42 Å². The molecule has 0 bridgehead atoms. The van der Waals surface area contributed by atoms with Crippen LogP contribution in [-0.4, -0.2) is 13.0 Å². The van der Waals surface area contributed by atoms with Crippen molar-refractivity contribution in [1.82, 2.24) is 0 Å². The van der Waals surface area contributed by atoms with Gasteiger partial charge in [-0.3, -0.25) is 4.55 Å². The van der Waals surface area contributed by atoms with Crippen LogP contribution in [0.5, 0.6) is 0 Å². The van der Waals surface area contributed by atoms with Gasteiger partial charge in [0.15, 0.2) is 0 Å². The second-order valence-electron chi connectivity index (χ2n) is 0.682. The van der Waals surface area contributed by atoms with Crippen LogP contribution in [-0.2, 0) is 27.2 Å². The van der Waals surface area contributed by atoms with Crippen molar-refractivity contribution in [2.24, 2.45) is 0 Å². The largest absolute Gasteiger partial charge is 0.287 e. The third-order valence-electron chi connectivity index (χ3n) is 0.211. The van der Waals surface area contributed by atoms with E-state index in [-0.39, 0.29) is 17.1 Å². The average molecular weight is 172 g/mol. The molecule has 0 aromatic rings. The maximum absolute atomic E-state index is 9.44. The SMILES string of the molecule is C=CS(=O)(=O)O.[Cu]. The summed E-state index contributed by atoms with van der Waals surface area (Å²) in [4.78, 5) is 0. The van der Waals surface area contributed by atoms with Gasteiger partial charge in [0.2, 0.25) is 0 Å². The molecule has 0 aromatic carbocycles. The molecule has 0 aliphatic carbocycles. The zero-order valence-corrected chi connectivity index (χ0v) is 5.02. The Morgan fingerprint density at radius 3 is 1.71 bits per heavy atom. The van der Waals surface area contributed by atoms with Gasteiger partial charge in [0, 0.05) is 17.1 Å². The Balaban J connectivity index is 0. The van der Waals surface area contributed by atoms with Crippen molar-refractivity contribution in [3.05, 3.63) is 12.0 Å². The fourth-order valence-electron chi connectivity index (χ4n) is 0. The summed E-state index contributed by atoms with van der Waals surface area (Å²) in [5, 5.41) is 0.465. The maximum atomic E-state index is 9.44. The van der Waals surface area contributed by atoms with Crippen LogP contribution in [0.1, 0.15) is 0 Å². The smallest absolute Gasteiger partial charge is 0.282 e. The zero-order valence-electron chi connectivity index (χ0n) is 3.26. The molecule has 0 rings (SSSR count). The quantitative estimate of drug-likeness (QED) is 0.447. The molecular formula is C2H4CuO3S. The molecule has 0 aromatic heterocycles. The van der Waals surface area contributed by atoms with Gasteiger partial charge < -0.3 is 0 Å². The second kappa shape index (κ2) is 3.21. The maximum Gasteiger partial charge on any atom is 0.287 e. The van der Waals surface area contributed by atoms with Gasteiger partial charge in [0.1, 0.15) is 0 Å². The first-order valence-corrected chi connectivity index (χ1v) is 2.66. The third-order valence-corrected chi connectivity index (χ3v) is 0.632. The molecule has 0 unspecified atom stereocenters. The molecule has 1 radical (unpaired) electrons. The van der Waals surface area contributed by atoms with E-state index in [1.807, 2.05) is 0 Å². The summed E-state index contributed by atoms with van der Waals surface area (Å²) < 4.78 is 26.6. The molecule has 5 heteroatoms. The molecule has 0 aliphatic heterocycles. The van der Waals surface area contributed by atoms with Crippen LogP contribution >= 0.6 is 0 Å². The molecular weight excluding hydrogens is 168 g/mol. The molecule has 0 spiro atoms. The monoisotopic (exact) mass is 171 g/mol. The predicted octanol–water partition coefficient (Wildman–Crippen LogP) is 0.0152. The second-order valence-corrected chi connectivity index (χ2v) is 2.04. The fourth-order valence-corrected chi connectivity index (χ4v) is 0. The molecule has 0 saturated carbocycles. The number of hydrogen-bond acceptors (Lipinski definition) is 2. The summed E-state index contributed by atoms with van der Waals surface area (Å²) in [6.45, 7) is 2.79. The van der Waals surface area contributed by atoms with Gasteiger partial charge in [-0.25, -0.2) is 0 Å². The first kappa shape index (κ1) is 10.2. The van der Waals surface area contributed by atoms with Crippen molar-refractivity contribution in [3.8, 4) is 0 Å². The summed E-state index contributed by atoms with van der Waals surface area (Å²) in [6, 6.07) is 0. The van der Waals surface area contributed by atoms with Crippen LogP contribution < -0.4 is 0 Å². The molecule has 7 heavy (non-hydrogen) atoms. The van der Waals surface area contributed by atoms with Crippen molar-refractivity contribution in [1.29, 1.82) is 0 Å². The van der Waals surface area contributed by atoms with E-state index in [0.29, 0.717) is 5.41 Å². The van der Waals surface area contributed by atoms with Crippen LogP contribution in [0.2, 0.25) is 0 Å². The first-order chi connectivity index (χ1) is 2.56. The summed E-state index contributed by atoms with van der Waals surface area (Å²) >= 11 is 0. The molecule has 0 atom stereocenters. The summed E-state index contributed by atoms with van der Waals surface area (Å²) in [7, 11) is -3.90. The van der Waals surface area contributed by atoms with E-state index in [2.05, 4.69) is 6.58 Å². The van der Waals surface area contributed by atoms with Gasteiger partial charge in [-0.05, 0) is 0 Å². The van der Waals surface area contributed by atoms with Crippen molar-refractivity contribution >= 4 is 10.1 Å². The third kappa shape index (κ3) is 10.7. The Morgan fingerprint density at radius 2 is 1.71 bits per heavy atom. The Morgan fingerprint density at radius 1 is 1.57 bits per heavy atom. The predicted molar refractivity (Wildman–Crippen MR) is 21.7 cm³/mol. The Bertz CT molecular complexity index is 123. The van der Waals surface area contributed by atoms with E-state index in [0.717, 1.165) is 0 Å². The average Bonchev–Trinajstić information content (AvgIpc) is 1.35. The molecule has 0 fully saturated rings. The van der Waals surface area contributed by atoms with E-state index in [1.165, 1.54) is 0 Å². The minimum atomic E-state index is -3.90. The van der Waals surface area contributed by atoms with Crippen LogP contribution in [0.4, 0.5) is 0 Å². The summed E-state index contributed by atoms with van der Waals surface area (Å²) in [6.07, 6.45) is 0. The standard InChI is InChI=1S/C2H4O3S.Cu/c1-2-6(3,4)5;/h2H,1H2,(H,3,4,5);. The normalized spacial score (nSPS) is 9.29. The van der Waals surface area contributed by atoms with Crippen molar-refractivity contribution in [2.45, 2.75) is 0 Å². The Labute approximate surface area is 52.6 Å². The minimum Gasteiger partial charge on any atom is -0.282 e. The zero-order chi connectivity index (χ0) is 5.21. The van der Waals surface area contributed by atoms with E-state index in [4.69, 9.17) is 4.55 Å². The van der Waals surface area contributed by atoms with Crippen LogP contribution in [0, 0.1) is 0 Å². The van der Waals surface area contributed by atoms with Crippen LogP contribution in [0.25, 0.3) is 0 Å². The van der Waals surface area contributed by atoms with Gasteiger partial charge in [0.05, 0.1) is 5.41 Å². The van der Waals surface area contributed by atoms with Gasteiger partial charge in [0.25, 0.3) is 10.1 Å². The minimum absolute atomic E-state index is 0. The number of hydrogen-bond donors (Lipinski definition) is 1. The van der Waals surface area contributed by atoms with Crippen molar-refractivity contribution in [3.63, 3.8) is 0 Å². The summed E-state index contributed by atoms with van der Waals surface area (Å²) in [5.41, 5.74) is 0. The van der Waals surface area contributed by atoms with Gasteiger partial charge in [-0.2, -0.15) is 8.42 Å². The van der Waals surface area contributed by atoms with Gasteiger partial charge >= 0.3 is 0 Å². The van der Waals surface area contributed by atoms with E-state index >= 15 is 0 Å². The molecule has 3 nitrogen and oxygen atoms in total. The number of rotatable bonds is 1. The molecule has 0 aliphatic rings. The fraction of sp³-hybridized carbons (Fsp3) is 0. The molecule has 47 valence electrons. The van der Waals surface area contributed by atoms with Crippen molar-refractivity contribution in [2.75, 3.05) is 0 Å². The molecule has 0 saturated heterocycles. The van der Waals surface area contributed by atoms with Gasteiger partial charge in [-0.15, -0.1) is 0 Å². The Kier molecular flexibility index (Phi) is 4.68. The topological polar surface area (TPSA) is 54.4 Å². The summed E-state index contributed by atoms with van der Waals surface area (Å²) in [5.74, 6) is 0. The van der Waals surface area contributed by atoms with E-state index in [1.54, 1.807) is 0 Å². The molecule has 0 heterocycles.